The Bertz CT molecular complexity index is 987. The first-order valence-electron chi connectivity index (χ1n) is 9.74. The lowest BCUT2D eigenvalue weighted by Crippen LogP contribution is -2.25. The molecule has 4 nitrogen and oxygen atoms in total. The quantitative estimate of drug-likeness (QED) is 0.592. The van der Waals surface area contributed by atoms with Gasteiger partial charge in [-0.05, 0) is 60.7 Å². The highest BCUT2D eigenvalue weighted by atomic mass is 35.5. The van der Waals surface area contributed by atoms with Crippen LogP contribution in [0.4, 0.5) is 0 Å². The molecule has 0 atom stereocenters. The number of aryl methyl sites for hydroxylation is 1. The number of halogens is 1. The lowest BCUT2D eigenvalue weighted by molar-refractivity contribution is 0.0954. The van der Waals surface area contributed by atoms with E-state index in [1.807, 2.05) is 30.3 Å². The second kappa shape index (κ2) is 9.01. The van der Waals surface area contributed by atoms with Gasteiger partial charge in [0, 0.05) is 18.2 Å². The van der Waals surface area contributed by atoms with E-state index in [2.05, 4.69) is 17.4 Å². The van der Waals surface area contributed by atoms with Crippen molar-refractivity contribution < 1.29 is 14.3 Å². The summed E-state index contributed by atoms with van der Waals surface area (Å²) in [5.74, 6) is 1.88. The van der Waals surface area contributed by atoms with Gasteiger partial charge in [-0.25, -0.2) is 0 Å². The van der Waals surface area contributed by atoms with Crippen LogP contribution in [-0.2, 0) is 12.8 Å². The number of nitrogens with one attached hydrogen (secondary N) is 1. The molecule has 0 aliphatic carbocycles. The summed E-state index contributed by atoms with van der Waals surface area (Å²) in [5.41, 5.74) is 2.89. The number of carbonyl (C=O) groups is 1. The van der Waals surface area contributed by atoms with Crippen LogP contribution >= 0.6 is 11.6 Å². The summed E-state index contributed by atoms with van der Waals surface area (Å²) in [6, 6.07) is 20.8. The number of fused-ring (bicyclic) bond motifs is 1. The van der Waals surface area contributed by atoms with Crippen LogP contribution in [-0.4, -0.2) is 19.1 Å². The van der Waals surface area contributed by atoms with Crippen LogP contribution in [0.25, 0.3) is 0 Å². The van der Waals surface area contributed by atoms with Crippen LogP contribution in [0.3, 0.4) is 0 Å². The molecule has 5 heteroatoms. The van der Waals surface area contributed by atoms with Gasteiger partial charge >= 0.3 is 0 Å². The number of hydrogen-bond donors (Lipinski definition) is 1. The summed E-state index contributed by atoms with van der Waals surface area (Å²) in [7, 11) is 0. The molecule has 1 amide bonds. The molecule has 0 saturated carbocycles. The highest BCUT2D eigenvalue weighted by Crippen LogP contribution is 2.37. The number of benzene rings is 3. The van der Waals surface area contributed by atoms with E-state index in [9.17, 15) is 4.79 Å². The first-order chi connectivity index (χ1) is 14.2. The Morgan fingerprint density at radius 2 is 1.86 bits per heavy atom. The van der Waals surface area contributed by atoms with Gasteiger partial charge in [-0.15, -0.1) is 0 Å². The zero-order valence-electron chi connectivity index (χ0n) is 16.0. The van der Waals surface area contributed by atoms with Gasteiger partial charge in [-0.2, -0.15) is 0 Å². The van der Waals surface area contributed by atoms with Gasteiger partial charge in [0.15, 0.2) is 0 Å². The predicted octanol–water partition coefficient (Wildman–Crippen LogP) is 5.43. The maximum absolute atomic E-state index is 12.3. The van der Waals surface area contributed by atoms with E-state index in [4.69, 9.17) is 21.1 Å². The van der Waals surface area contributed by atoms with E-state index < -0.39 is 0 Å². The van der Waals surface area contributed by atoms with Crippen molar-refractivity contribution in [3.05, 3.63) is 88.4 Å². The van der Waals surface area contributed by atoms with Crippen molar-refractivity contribution in [3.8, 4) is 17.2 Å². The van der Waals surface area contributed by atoms with Crippen molar-refractivity contribution in [1.82, 2.24) is 5.32 Å². The van der Waals surface area contributed by atoms with Crippen LogP contribution in [0.1, 0.15) is 27.9 Å². The zero-order valence-corrected chi connectivity index (χ0v) is 16.7. The van der Waals surface area contributed by atoms with Gasteiger partial charge in [0.2, 0.25) is 0 Å². The van der Waals surface area contributed by atoms with E-state index in [-0.39, 0.29) is 5.91 Å². The van der Waals surface area contributed by atoms with Crippen molar-refractivity contribution in [2.75, 3.05) is 13.2 Å². The Labute approximate surface area is 175 Å². The molecule has 0 aromatic heterocycles. The Kier molecular flexibility index (Phi) is 6.01. The Morgan fingerprint density at radius 3 is 2.66 bits per heavy atom. The van der Waals surface area contributed by atoms with Crippen molar-refractivity contribution >= 4 is 17.5 Å². The van der Waals surface area contributed by atoms with E-state index in [0.717, 1.165) is 30.6 Å². The second-order valence-electron chi connectivity index (χ2n) is 6.96. The molecular formula is C24H22ClNO3. The summed E-state index contributed by atoms with van der Waals surface area (Å²) >= 11 is 6.36. The van der Waals surface area contributed by atoms with E-state index in [0.29, 0.717) is 35.2 Å². The Hall–Kier alpha value is -2.98. The summed E-state index contributed by atoms with van der Waals surface area (Å²) < 4.78 is 11.6. The molecule has 1 heterocycles. The van der Waals surface area contributed by atoms with Crippen molar-refractivity contribution in [3.63, 3.8) is 0 Å². The van der Waals surface area contributed by atoms with E-state index in [1.54, 1.807) is 24.3 Å². The van der Waals surface area contributed by atoms with Crippen molar-refractivity contribution in [2.45, 2.75) is 19.3 Å². The summed E-state index contributed by atoms with van der Waals surface area (Å²) in [5, 5.41) is 3.50. The Balaban J connectivity index is 1.36. The van der Waals surface area contributed by atoms with E-state index >= 15 is 0 Å². The molecule has 1 N–H and O–H groups in total. The number of hydrogen-bond acceptors (Lipinski definition) is 3. The number of ether oxygens (including phenoxy) is 2. The summed E-state index contributed by atoms with van der Waals surface area (Å²) in [4.78, 5) is 12.3. The predicted molar refractivity (Wildman–Crippen MR) is 114 cm³/mol. The molecule has 0 bridgehead atoms. The standard InChI is InChI=1S/C24H22ClNO3/c25-21-15-19-7-4-14-28-22(19)16-23(21)29-20-10-8-18(9-11-20)24(27)26-13-12-17-5-2-1-3-6-17/h1-3,5-6,8-11,15-16H,4,7,12-14H2,(H,26,27). The van der Waals surface area contributed by atoms with Crippen LogP contribution in [0.15, 0.2) is 66.7 Å². The van der Waals surface area contributed by atoms with Crippen LogP contribution in [0.2, 0.25) is 5.02 Å². The molecule has 29 heavy (non-hydrogen) atoms. The molecule has 0 fully saturated rings. The van der Waals surface area contributed by atoms with E-state index in [1.165, 1.54) is 5.56 Å². The lowest BCUT2D eigenvalue weighted by atomic mass is 10.1. The maximum Gasteiger partial charge on any atom is 0.251 e. The largest absolute Gasteiger partial charge is 0.493 e. The second-order valence-corrected chi connectivity index (χ2v) is 7.37. The van der Waals surface area contributed by atoms with Crippen LogP contribution in [0.5, 0.6) is 17.2 Å². The third-order valence-electron chi connectivity index (χ3n) is 4.85. The van der Waals surface area contributed by atoms with Gasteiger partial charge < -0.3 is 14.8 Å². The van der Waals surface area contributed by atoms with Crippen molar-refractivity contribution in [2.24, 2.45) is 0 Å². The molecule has 1 aliphatic rings. The first kappa shape index (κ1) is 19.3. The molecule has 0 unspecified atom stereocenters. The minimum atomic E-state index is -0.104. The molecule has 0 spiro atoms. The third kappa shape index (κ3) is 4.90. The van der Waals surface area contributed by atoms with Gasteiger partial charge in [0.1, 0.15) is 17.2 Å². The number of amides is 1. The topological polar surface area (TPSA) is 47.6 Å². The normalized spacial score (nSPS) is 12.6. The molecule has 0 radical (unpaired) electrons. The average Bonchev–Trinajstić information content (AvgIpc) is 2.75. The minimum absolute atomic E-state index is 0.104. The number of rotatable bonds is 6. The average molecular weight is 408 g/mol. The fourth-order valence-corrected chi connectivity index (χ4v) is 3.52. The van der Waals surface area contributed by atoms with Crippen LogP contribution < -0.4 is 14.8 Å². The van der Waals surface area contributed by atoms with Gasteiger partial charge in [0.25, 0.3) is 5.91 Å². The monoisotopic (exact) mass is 407 g/mol. The SMILES string of the molecule is O=C(NCCc1ccccc1)c1ccc(Oc2cc3c(cc2Cl)CCCO3)cc1. The fourth-order valence-electron chi connectivity index (χ4n) is 3.30. The van der Waals surface area contributed by atoms with Gasteiger partial charge in [-0.3, -0.25) is 4.79 Å². The molecule has 0 saturated heterocycles. The first-order valence-corrected chi connectivity index (χ1v) is 10.1. The molecule has 3 aromatic carbocycles. The highest BCUT2D eigenvalue weighted by molar-refractivity contribution is 6.32. The number of carbonyl (C=O) groups excluding carboxylic acids is 1. The van der Waals surface area contributed by atoms with Crippen molar-refractivity contribution in [1.29, 1.82) is 0 Å². The minimum Gasteiger partial charge on any atom is -0.493 e. The molecular weight excluding hydrogens is 386 g/mol. The smallest absolute Gasteiger partial charge is 0.251 e. The van der Waals surface area contributed by atoms with Gasteiger partial charge in [0.05, 0.1) is 11.6 Å². The fraction of sp³-hybridized carbons (Fsp3) is 0.208. The maximum atomic E-state index is 12.3. The zero-order chi connectivity index (χ0) is 20.1. The molecule has 148 valence electrons. The third-order valence-corrected chi connectivity index (χ3v) is 5.14. The summed E-state index contributed by atoms with van der Waals surface area (Å²) in [6.07, 6.45) is 2.76. The summed E-state index contributed by atoms with van der Waals surface area (Å²) in [6.45, 7) is 1.30. The highest BCUT2D eigenvalue weighted by Gasteiger charge is 2.15. The lowest BCUT2D eigenvalue weighted by Gasteiger charge is -2.19. The van der Waals surface area contributed by atoms with Crippen LogP contribution in [0, 0.1) is 0 Å². The molecule has 3 aromatic rings. The Morgan fingerprint density at radius 1 is 1.07 bits per heavy atom. The van der Waals surface area contributed by atoms with Gasteiger partial charge in [-0.1, -0.05) is 41.9 Å². The molecule has 4 rings (SSSR count). The molecule has 1 aliphatic heterocycles.